The van der Waals surface area contributed by atoms with Gasteiger partial charge in [-0.2, -0.15) is 4.99 Å². The third kappa shape index (κ3) is 3.22. The first-order valence-electron chi connectivity index (χ1n) is 2.24. The Balaban J connectivity index is 4.11. The smallest absolute Gasteiger partial charge is 0.222 e. The van der Waals surface area contributed by atoms with E-state index in [-0.39, 0.29) is 11.9 Å². The van der Waals surface area contributed by atoms with Crippen molar-refractivity contribution in [2.45, 2.75) is 0 Å². The third-order valence-electron chi connectivity index (χ3n) is 0.620. The van der Waals surface area contributed by atoms with Crippen LogP contribution in [-0.4, -0.2) is 25.7 Å². The molecular weight excluding hydrogens is 118 g/mol. The molecule has 0 bridgehead atoms. The third-order valence-corrected chi connectivity index (χ3v) is 0.620. The van der Waals surface area contributed by atoms with Crippen molar-refractivity contribution in [1.29, 1.82) is 0 Å². The van der Waals surface area contributed by atoms with Crippen LogP contribution in [0.1, 0.15) is 0 Å². The first kappa shape index (κ1) is 7.61. The molecule has 0 rings (SSSR count). The zero-order valence-corrected chi connectivity index (χ0v) is 5.20. The van der Waals surface area contributed by atoms with Crippen LogP contribution in [-0.2, 0) is 0 Å². The monoisotopic (exact) mass is 127 g/mol. The minimum absolute atomic E-state index is 0.0260. The highest BCUT2D eigenvalue weighted by atomic mass is 15.1. The lowest BCUT2D eigenvalue weighted by Crippen LogP contribution is -2.16. The van der Waals surface area contributed by atoms with Gasteiger partial charge in [0.15, 0.2) is 0 Å². The summed E-state index contributed by atoms with van der Waals surface area (Å²) < 4.78 is 0. The minimum atomic E-state index is 0.0260. The molecule has 0 radical (unpaired) electrons. The Bertz CT molecular complexity index is 156. The second kappa shape index (κ2) is 3.59. The molecule has 0 heterocycles. The van der Waals surface area contributed by atoms with Gasteiger partial charge >= 0.3 is 0 Å². The van der Waals surface area contributed by atoms with Gasteiger partial charge in [0.1, 0.15) is 0 Å². The summed E-state index contributed by atoms with van der Waals surface area (Å²) in [6.07, 6.45) is 0. The molecule has 0 atom stereocenters. The fraction of sp³-hybridized carbons (Fsp3) is 0.250. The Labute approximate surface area is 53.2 Å². The summed E-state index contributed by atoms with van der Waals surface area (Å²) in [6, 6.07) is 0. The summed E-state index contributed by atoms with van der Waals surface area (Å²) in [6.45, 7) is 3.13. The lowest BCUT2D eigenvalue weighted by atomic mass is 10.9. The highest BCUT2D eigenvalue weighted by Crippen LogP contribution is 1.70. The zero-order chi connectivity index (χ0) is 7.28. The van der Waals surface area contributed by atoms with Crippen LogP contribution < -0.4 is 11.5 Å². The number of hydrogen-bond acceptors (Lipinski definition) is 1. The van der Waals surface area contributed by atoms with Crippen molar-refractivity contribution in [2.75, 3.05) is 7.05 Å². The predicted octanol–water partition coefficient (Wildman–Crippen LogP) is -1.05. The second-order valence-electron chi connectivity index (χ2n) is 1.21. The van der Waals surface area contributed by atoms with Crippen LogP contribution in [0.15, 0.2) is 15.0 Å². The molecule has 0 fully saturated rings. The Morgan fingerprint density at radius 1 is 1.33 bits per heavy atom. The van der Waals surface area contributed by atoms with Crippen molar-refractivity contribution in [2.24, 2.45) is 26.4 Å². The molecule has 0 aromatic heterocycles. The van der Waals surface area contributed by atoms with Crippen LogP contribution in [0.25, 0.3) is 0 Å². The lowest BCUT2D eigenvalue weighted by molar-refractivity contribution is 1.34. The number of guanidine groups is 2. The van der Waals surface area contributed by atoms with E-state index in [0.717, 1.165) is 0 Å². The van der Waals surface area contributed by atoms with Crippen molar-refractivity contribution in [3.63, 3.8) is 0 Å². The average molecular weight is 127 g/mol. The predicted molar refractivity (Wildman–Crippen MR) is 38.7 cm³/mol. The normalized spacial score (nSPS) is 13.4. The van der Waals surface area contributed by atoms with Crippen LogP contribution in [0, 0.1) is 0 Å². The molecule has 5 heteroatoms. The van der Waals surface area contributed by atoms with Gasteiger partial charge in [-0.15, -0.1) is 0 Å². The molecule has 0 saturated heterocycles. The molecule has 5 nitrogen and oxygen atoms in total. The molecule has 50 valence electrons. The van der Waals surface area contributed by atoms with Gasteiger partial charge in [0.25, 0.3) is 0 Å². The van der Waals surface area contributed by atoms with E-state index in [9.17, 15) is 0 Å². The molecule has 0 aliphatic heterocycles. The van der Waals surface area contributed by atoms with Crippen molar-refractivity contribution >= 4 is 18.6 Å². The van der Waals surface area contributed by atoms with Crippen LogP contribution in [0.4, 0.5) is 0 Å². The number of aliphatic imine (C=N–C) groups is 3. The maximum absolute atomic E-state index is 5.14. The molecule has 0 saturated carbocycles. The fourth-order valence-electron chi connectivity index (χ4n) is 0.203. The van der Waals surface area contributed by atoms with Crippen molar-refractivity contribution < 1.29 is 0 Å². The topological polar surface area (TPSA) is 89.1 Å². The van der Waals surface area contributed by atoms with E-state index in [4.69, 9.17) is 11.5 Å². The van der Waals surface area contributed by atoms with Crippen molar-refractivity contribution in [3.8, 4) is 0 Å². The van der Waals surface area contributed by atoms with Gasteiger partial charge in [0, 0.05) is 7.05 Å². The average Bonchev–Trinajstić information content (AvgIpc) is 1.87. The molecule has 0 aromatic carbocycles. The standard InChI is InChI=1S/C4H9N5/c1-7-3(5)9-4(6)8-2/h1H2,2H3,(H4,5,6,8,9). The van der Waals surface area contributed by atoms with Crippen molar-refractivity contribution in [1.82, 2.24) is 0 Å². The van der Waals surface area contributed by atoms with E-state index < -0.39 is 0 Å². The van der Waals surface area contributed by atoms with Gasteiger partial charge in [-0.1, -0.05) is 0 Å². The molecule has 0 aliphatic rings. The molecule has 0 aliphatic carbocycles. The van der Waals surface area contributed by atoms with Crippen molar-refractivity contribution in [3.05, 3.63) is 0 Å². The Morgan fingerprint density at radius 2 is 1.89 bits per heavy atom. The van der Waals surface area contributed by atoms with Crippen LogP contribution in [0.3, 0.4) is 0 Å². The van der Waals surface area contributed by atoms with Gasteiger partial charge in [0.05, 0.1) is 0 Å². The summed E-state index contributed by atoms with van der Waals surface area (Å²) in [5.41, 5.74) is 10.3. The van der Waals surface area contributed by atoms with E-state index in [1.165, 1.54) is 7.05 Å². The van der Waals surface area contributed by atoms with E-state index in [1.807, 2.05) is 0 Å². The molecule has 0 spiro atoms. The van der Waals surface area contributed by atoms with E-state index in [2.05, 4.69) is 21.7 Å². The number of rotatable bonds is 0. The van der Waals surface area contributed by atoms with Crippen LogP contribution in [0.5, 0.6) is 0 Å². The molecule has 0 unspecified atom stereocenters. The summed E-state index contributed by atoms with van der Waals surface area (Å²) >= 11 is 0. The summed E-state index contributed by atoms with van der Waals surface area (Å²) in [5, 5.41) is 0. The fourth-order valence-corrected chi connectivity index (χ4v) is 0.203. The van der Waals surface area contributed by atoms with Gasteiger partial charge in [-0.05, 0) is 6.72 Å². The second-order valence-corrected chi connectivity index (χ2v) is 1.21. The molecular formula is C4H9N5. The van der Waals surface area contributed by atoms with E-state index >= 15 is 0 Å². The maximum Gasteiger partial charge on any atom is 0.222 e. The summed E-state index contributed by atoms with van der Waals surface area (Å²) in [5.74, 6) is 0.123. The Kier molecular flexibility index (Phi) is 3.04. The van der Waals surface area contributed by atoms with Gasteiger partial charge < -0.3 is 11.5 Å². The number of hydrogen-bond donors (Lipinski definition) is 2. The number of nitrogens with two attached hydrogens (primary N) is 2. The maximum atomic E-state index is 5.14. The molecule has 4 N–H and O–H groups in total. The first-order valence-corrected chi connectivity index (χ1v) is 2.24. The van der Waals surface area contributed by atoms with Crippen LogP contribution in [0.2, 0.25) is 0 Å². The highest BCUT2D eigenvalue weighted by molar-refractivity contribution is 5.94. The Morgan fingerprint density at radius 3 is 2.22 bits per heavy atom. The largest absolute Gasteiger partial charge is 0.368 e. The van der Waals surface area contributed by atoms with Crippen LogP contribution >= 0.6 is 0 Å². The summed E-state index contributed by atoms with van der Waals surface area (Å²) in [7, 11) is 1.51. The molecule has 9 heavy (non-hydrogen) atoms. The summed E-state index contributed by atoms with van der Waals surface area (Å²) in [4.78, 5) is 10.3. The lowest BCUT2D eigenvalue weighted by Gasteiger charge is -1.88. The van der Waals surface area contributed by atoms with Gasteiger partial charge in [0.2, 0.25) is 11.9 Å². The highest BCUT2D eigenvalue weighted by Gasteiger charge is 1.84. The molecule has 0 amide bonds. The Hall–Kier alpha value is -1.39. The quantitative estimate of drug-likeness (QED) is 0.321. The van der Waals surface area contributed by atoms with E-state index in [1.54, 1.807) is 0 Å². The van der Waals surface area contributed by atoms with Gasteiger partial charge in [-0.3, -0.25) is 4.99 Å². The van der Waals surface area contributed by atoms with Gasteiger partial charge in [-0.25, -0.2) is 4.99 Å². The van der Waals surface area contributed by atoms with E-state index in [0.29, 0.717) is 0 Å². The number of nitrogens with zero attached hydrogens (tertiary/aromatic N) is 3. The molecule has 0 aromatic rings. The zero-order valence-electron chi connectivity index (χ0n) is 5.20. The SMILES string of the molecule is C=N/C(N)=N\C(N)=NC. The first-order chi connectivity index (χ1) is 4.20. The minimum Gasteiger partial charge on any atom is -0.368 e.